The van der Waals surface area contributed by atoms with Crippen LogP contribution in [0, 0.1) is 18.6 Å². The quantitative estimate of drug-likeness (QED) is 0.641. The van der Waals surface area contributed by atoms with E-state index in [2.05, 4.69) is 15.9 Å². The minimum Gasteiger partial charge on any atom is -0.207 e. The molecule has 1 atom stereocenters. The van der Waals surface area contributed by atoms with Gasteiger partial charge in [0.05, 0.1) is 5.38 Å². The van der Waals surface area contributed by atoms with Gasteiger partial charge in [-0.1, -0.05) is 6.07 Å². The fourth-order valence-electron chi connectivity index (χ4n) is 1.50. The average molecular weight is 338 g/mol. The van der Waals surface area contributed by atoms with Gasteiger partial charge in [-0.2, -0.15) is 0 Å². The normalized spacial score (nSPS) is 12.8. The number of hydrogen-bond acceptors (Lipinski definition) is 1. The molecule has 0 saturated heterocycles. The first-order chi connectivity index (χ1) is 8.00. The summed E-state index contributed by atoms with van der Waals surface area (Å²) in [5.74, 6) is -1.24. The number of thiophene rings is 1. The highest BCUT2D eigenvalue weighted by Crippen LogP contribution is 2.39. The number of benzene rings is 1. The second kappa shape index (κ2) is 5.04. The van der Waals surface area contributed by atoms with Crippen molar-refractivity contribution in [2.45, 2.75) is 12.3 Å². The molecule has 17 heavy (non-hydrogen) atoms. The molecule has 0 saturated carbocycles. The van der Waals surface area contributed by atoms with Crippen LogP contribution >= 0.6 is 38.9 Å². The van der Waals surface area contributed by atoms with Crippen LogP contribution in [0.3, 0.4) is 0 Å². The number of hydrogen-bond donors (Lipinski definition) is 0. The van der Waals surface area contributed by atoms with Crippen molar-refractivity contribution in [2.75, 3.05) is 0 Å². The zero-order valence-corrected chi connectivity index (χ0v) is 12.0. The molecule has 2 rings (SSSR count). The lowest BCUT2D eigenvalue weighted by atomic mass is 10.1. The second-order valence-electron chi connectivity index (χ2n) is 3.55. The summed E-state index contributed by atoms with van der Waals surface area (Å²) in [6.45, 7) is 1.92. The first kappa shape index (κ1) is 13.0. The Hall–Kier alpha value is -0.450. The first-order valence-electron chi connectivity index (χ1n) is 4.84. The van der Waals surface area contributed by atoms with Gasteiger partial charge in [-0.05, 0) is 41.1 Å². The Morgan fingerprint density at radius 2 is 1.88 bits per heavy atom. The van der Waals surface area contributed by atoms with Gasteiger partial charge in [-0.3, -0.25) is 0 Å². The standard InChI is InChI=1S/C12H8BrClF2S/c1-6-7(13)5-10(17-6)12(14)11-8(15)3-2-4-9(11)16/h2-5,12H,1H3. The largest absolute Gasteiger partial charge is 0.207 e. The van der Waals surface area contributed by atoms with E-state index in [0.717, 1.165) is 14.2 Å². The Bertz CT molecular complexity index is 514. The lowest BCUT2D eigenvalue weighted by Gasteiger charge is -2.09. The van der Waals surface area contributed by atoms with E-state index >= 15 is 0 Å². The number of alkyl halides is 1. The Labute approximate surface area is 115 Å². The summed E-state index contributed by atoms with van der Waals surface area (Å²) in [5.41, 5.74) is -0.0945. The van der Waals surface area contributed by atoms with Crippen LogP contribution in [0.1, 0.15) is 20.7 Å². The van der Waals surface area contributed by atoms with Gasteiger partial charge in [-0.15, -0.1) is 22.9 Å². The molecule has 0 fully saturated rings. The maximum atomic E-state index is 13.6. The van der Waals surface area contributed by atoms with E-state index in [9.17, 15) is 8.78 Å². The SMILES string of the molecule is Cc1sc(C(Cl)c2c(F)cccc2F)cc1Br. The van der Waals surface area contributed by atoms with Gasteiger partial charge in [0.1, 0.15) is 11.6 Å². The van der Waals surface area contributed by atoms with Gasteiger partial charge in [0.2, 0.25) is 0 Å². The van der Waals surface area contributed by atoms with Crippen molar-refractivity contribution >= 4 is 38.9 Å². The number of aryl methyl sites for hydroxylation is 1. The molecule has 1 unspecified atom stereocenters. The highest BCUT2D eigenvalue weighted by Gasteiger charge is 2.21. The Balaban J connectivity index is 2.47. The molecule has 0 aliphatic rings. The van der Waals surface area contributed by atoms with Crippen molar-refractivity contribution in [1.29, 1.82) is 0 Å². The molecule has 0 bridgehead atoms. The van der Waals surface area contributed by atoms with Crippen LogP contribution in [0.25, 0.3) is 0 Å². The molecule has 1 heterocycles. The van der Waals surface area contributed by atoms with Crippen LogP contribution in [0.4, 0.5) is 8.78 Å². The molecule has 0 aliphatic heterocycles. The molecule has 0 spiro atoms. The van der Waals surface area contributed by atoms with Gasteiger partial charge >= 0.3 is 0 Å². The van der Waals surface area contributed by atoms with Crippen LogP contribution in [-0.2, 0) is 0 Å². The third-order valence-electron chi connectivity index (χ3n) is 2.38. The van der Waals surface area contributed by atoms with E-state index in [4.69, 9.17) is 11.6 Å². The maximum absolute atomic E-state index is 13.6. The van der Waals surface area contributed by atoms with Crippen molar-refractivity contribution < 1.29 is 8.78 Å². The minimum absolute atomic E-state index is 0.0945. The maximum Gasteiger partial charge on any atom is 0.131 e. The summed E-state index contributed by atoms with van der Waals surface area (Å²) in [5, 5.41) is -0.800. The van der Waals surface area contributed by atoms with Crippen LogP contribution in [0.2, 0.25) is 0 Å². The second-order valence-corrected chi connectivity index (χ2v) is 6.13. The summed E-state index contributed by atoms with van der Waals surface area (Å²) < 4.78 is 28.0. The van der Waals surface area contributed by atoms with Crippen LogP contribution < -0.4 is 0 Å². The lowest BCUT2D eigenvalue weighted by molar-refractivity contribution is 0.560. The van der Waals surface area contributed by atoms with Gasteiger partial charge in [-0.25, -0.2) is 8.78 Å². The summed E-state index contributed by atoms with van der Waals surface area (Å²) in [6.07, 6.45) is 0. The van der Waals surface area contributed by atoms with E-state index in [-0.39, 0.29) is 5.56 Å². The molecule has 5 heteroatoms. The zero-order chi connectivity index (χ0) is 12.6. The highest BCUT2D eigenvalue weighted by molar-refractivity contribution is 9.10. The van der Waals surface area contributed by atoms with E-state index in [1.54, 1.807) is 6.07 Å². The third kappa shape index (κ3) is 2.54. The van der Waals surface area contributed by atoms with Crippen LogP contribution in [0.15, 0.2) is 28.7 Å². The topological polar surface area (TPSA) is 0 Å². The summed E-state index contributed by atoms with van der Waals surface area (Å²) >= 11 is 10.9. The van der Waals surface area contributed by atoms with E-state index in [1.165, 1.54) is 29.5 Å². The molecule has 0 radical (unpaired) electrons. The van der Waals surface area contributed by atoms with Gasteiger partial charge in [0, 0.05) is 19.8 Å². The molecule has 0 N–H and O–H groups in total. The molecule has 0 amide bonds. The smallest absolute Gasteiger partial charge is 0.131 e. The Kier molecular flexibility index (Phi) is 3.85. The summed E-state index contributed by atoms with van der Waals surface area (Å²) in [7, 11) is 0. The first-order valence-corrected chi connectivity index (χ1v) is 6.89. The molecule has 90 valence electrons. The molecule has 1 aromatic heterocycles. The Morgan fingerprint density at radius 3 is 2.35 bits per heavy atom. The van der Waals surface area contributed by atoms with E-state index in [1.807, 2.05) is 6.92 Å². The Morgan fingerprint density at radius 1 is 1.29 bits per heavy atom. The third-order valence-corrected chi connectivity index (χ3v) is 5.16. The monoisotopic (exact) mass is 336 g/mol. The summed E-state index contributed by atoms with van der Waals surface area (Å²) in [4.78, 5) is 1.75. The molecule has 0 aliphatic carbocycles. The van der Waals surface area contributed by atoms with E-state index < -0.39 is 17.0 Å². The molecule has 1 aromatic carbocycles. The minimum atomic E-state index is -0.800. The average Bonchev–Trinajstić information content (AvgIpc) is 2.59. The predicted molar refractivity (Wildman–Crippen MR) is 70.8 cm³/mol. The van der Waals surface area contributed by atoms with Crippen molar-refractivity contribution in [1.82, 2.24) is 0 Å². The van der Waals surface area contributed by atoms with Crippen molar-refractivity contribution in [3.05, 3.63) is 55.7 Å². The molecular formula is C12H8BrClF2S. The van der Waals surface area contributed by atoms with Crippen LogP contribution in [-0.4, -0.2) is 0 Å². The number of halogens is 4. The highest BCUT2D eigenvalue weighted by atomic mass is 79.9. The number of rotatable bonds is 2. The van der Waals surface area contributed by atoms with Crippen LogP contribution in [0.5, 0.6) is 0 Å². The van der Waals surface area contributed by atoms with Crippen molar-refractivity contribution in [2.24, 2.45) is 0 Å². The van der Waals surface area contributed by atoms with Gasteiger partial charge in [0.15, 0.2) is 0 Å². The fraction of sp³-hybridized carbons (Fsp3) is 0.167. The van der Waals surface area contributed by atoms with E-state index in [0.29, 0.717) is 0 Å². The molecular weight excluding hydrogens is 330 g/mol. The van der Waals surface area contributed by atoms with Gasteiger partial charge < -0.3 is 0 Å². The zero-order valence-electron chi connectivity index (χ0n) is 8.81. The van der Waals surface area contributed by atoms with Crippen molar-refractivity contribution in [3.8, 4) is 0 Å². The van der Waals surface area contributed by atoms with Gasteiger partial charge in [0.25, 0.3) is 0 Å². The van der Waals surface area contributed by atoms with Crippen molar-refractivity contribution in [3.63, 3.8) is 0 Å². The lowest BCUT2D eigenvalue weighted by Crippen LogP contribution is -1.98. The molecule has 2 aromatic rings. The fourth-order valence-corrected chi connectivity index (χ4v) is 3.46. The molecule has 0 nitrogen and oxygen atoms in total. The predicted octanol–water partition coefficient (Wildman–Crippen LogP) is 5.43. The summed E-state index contributed by atoms with van der Waals surface area (Å²) in [6, 6.07) is 5.55.